The molecule has 0 aromatic heterocycles. The van der Waals surface area contributed by atoms with Crippen molar-refractivity contribution in [3.63, 3.8) is 0 Å². The van der Waals surface area contributed by atoms with Gasteiger partial charge in [-0.25, -0.2) is 4.79 Å². The molecule has 1 rings (SSSR count). The number of ether oxygens (including phenoxy) is 1. The van der Waals surface area contributed by atoms with Gasteiger partial charge in [0.05, 0.1) is 11.6 Å². The Morgan fingerprint density at radius 2 is 2.05 bits per heavy atom. The number of nitrogens with one attached hydrogen (secondary N) is 1. The van der Waals surface area contributed by atoms with Crippen molar-refractivity contribution in [2.45, 2.75) is 38.0 Å². The Kier molecular flexibility index (Phi) is 6.69. The highest BCUT2D eigenvalue weighted by Crippen LogP contribution is 2.18. The first-order valence-corrected chi connectivity index (χ1v) is 6.91. The Bertz CT molecular complexity index is 468. The van der Waals surface area contributed by atoms with Gasteiger partial charge in [-0.1, -0.05) is 42.5 Å². The average Bonchev–Trinajstić information content (AvgIpc) is 2.46. The van der Waals surface area contributed by atoms with Crippen molar-refractivity contribution in [2.24, 2.45) is 0 Å². The Labute approximate surface area is 126 Å². The van der Waals surface area contributed by atoms with Crippen molar-refractivity contribution >= 4 is 6.09 Å². The van der Waals surface area contributed by atoms with Gasteiger partial charge in [-0.15, -0.1) is 13.2 Å². The molecule has 2 N–H and O–H groups in total. The summed E-state index contributed by atoms with van der Waals surface area (Å²) in [4.78, 5) is 11.8. The second-order valence-electron chi connectivity index (χ2n) is 5.13. The van der Waals surface area contributed by atoms with Crippen LogP contribution in [0, 0.1) is 0 Å². The minimum absolute atomic E-state index is 0.192. The van der Waals surface area contributed by atoms with Crippen LogP contribution in [-0.4, -0.2) is 22.8 Å². The standard InChI is InChI=1S/C17H23NO3/c1-4-9-15(17(3,20)12-5-2)18-16(19)21-13-14-10-7-6-8-11-14/h4-8,10-11,15,20H,1-2,9,12-13H2,3H3,(H,18,19)/t15-,17-/m0/s1. The largest absolute Gasteiger partial charge is 0.445 e. The summed E-state index contributed by atoms with van der Waals surface area (Å²) >= 11 is 0. The van der Waals surface area contributed by atoms with Gasteiger partial charge in [-0.2, -0.15) is 0 Å². The molecule has 1 aromatic rings. The van der Waals surface area contributed by atoms with Gasteiger partial charge in [0.1, 0.15) is 6.61 Å². The number of benzene rings is 1. The van der Waals surface area contributed by atoms with Crippen molar-refractivity contribution in [2.75, 3.05) is 0 Å². The van der Waals surface area contributed by atoms with Gasteiger partial charge in [0.25, 0.3) is 0 Å². The van der Waals surface area contributed by atoms with E-state index in [9.17, 15) is 9.90 Å². The van der Waals surface area contributed by atoms with Crippen LogP contribution >= 0.6 is 0 Å². The molecule has 4 nitrogen and oxygen atoms in total. The van der Waals surface area contributed by atoms with Crippen LogP contribution in [0.5, 0.6) is 0 Å². The Balaban J connectivity index is 2.56. The summed E-state index contributed by atoms with van der Waals surface area (Å²) in [6.07, 6.45) is 3.52. The van der Waals surface area contributed by atoms with Gasteiger partial charge in [0.15, 0.2) is 0 Å². The highest BCUT2D eigenvalue weighted by Gasteiger charge is 2.31. The first-order chi connectivity index (χ1) is 9.99. The normalized spacial score (nSPS) is 14.6. The van der Waals surface area contributed by atoms with Crippen LogP contribution in [-0.2, 0) is 11.3 Å². The van der Waals surface area contributed by atoms with Crippen LogP contribution in [0.2, 0.25) is 0 Å². The Morgan fingerprint density at radius 1 is 1.38 bits per heavy atom. The fraction of sp³-hybridized carbons (Fsp3) is 0.353. The van der Waals surface area contributed by atoms with Crippen molar-refractivity contribution in [3.05, 3.63) is 61.2 Å². The molecule has 0 radical (unpaired) electrons. The number of carbonyl (C=O) groups excluding carboxylic acids is 1. The quantitative estimate of drug-likeness (QED) is 0.723. The lowest BCUT2D eigenvalue weighted by atomic mass is 9.90. The third kappa shape index (κ3) is 5.83. The van der Waals surface area contributed by atoms with Gasteiger partial charge >= 0.3 is 6.09 Å². The molecular weight excluding hydrogens is 266 g/mol. The predicted octanol–water partition coefficient (Wildman–Crippen LogP) is 3.18. The molecule has 0 saturated heterocycles. The molecule has 0 aliphatic carbocycles. The zero-order valence-corrected chi connectivity index (χ0v) is 12.4. The van der Waals surface area contributed by atoms with Gasteiger partial charge in [0, 0.05) is 0 Å². The third-order valence-corrected chi connectivity index (χ3v) is 3.22. The smallest absolute Gasteiger partial charge is 0.407 e. The highest BCUT2D eigenvalue weighted by atomic mass is 16.5. The van der Waals surface area contributed by atoms with E-state index < -0.39 is 17.7 Å². The van der Waals surface area contributed by atoms with E-state index in [1.807, 2.05) is 30.3 Å². The maximum atomic E-state index is 11.8. The molecule has 0 bridgehead atoms. The molecule has 0 spiro atoms. The fourth-order valence-corrected chi connectivity index (χ4v) is 1.98. The number of rotatable bonds is 8. The number of amides is 1. The monoisotopic (exact) mass is 289 g/mol. The Morgan fingerprint density at radius 3 is 2.62 bits per heavy atom. The summed E-state index contributed by atoms with van der Waals surface area (Å²) in [7, 11) is 0. The molecule has 0 unspecified atom stereocenters. The molecule has 1 amide bonds. The highest BCUT2D eigenvalue weighted by molar-refractivity contribution is 5.67. The van der Waals surface area contributed by atoms with Crippen molar-refractivity contribution in [1.29, 1.82) is 0 Å². The fourth-order valence-electron chi connectivity index (χ4n) is 1.98. The zero-order valence-electron chi connectivity index (χ0n) is 12.4. The van der Waals surface area contributed by atoms with Crippen molar-refractivity contribution in [3.8, 4) is 0 Å². The second-order valence-corrected chi connectivity index (χ2v) is 5.13. The van der Waals surface area contributed by atoms with Crippen LogP contribution in [0.4, 0.5) is 4.79 Å². The molecule has 0 aliphatic heterocycles. The molecule has 114 valence electrons. The first kappa shape index (κ1) is 17.0. The lowest BCUT2D eigenvalue weighted by Gasteiger charge is -2.31. The van der Waals surface area contributed by atoms with E-state index in [1.54, 1.807) is 19.1 Å². The summed E-state index contributed by atoms with van der Waals surface area (Å²) in [5.74, 6) is 0. The lowest BCUT2D eigenvalue weighted by molar-refractivity contribution is 0.0205. The lowest BCUT2D eigenvalue weighted by Crippen LogP contribution is -2.50. The molecule has 0 fully saturated rings. The summed E-state index contributed by atoms with van der Waals surface area (Å²) in [6.45, 7) is 9.10. The number of aliphatic hydroxyl groups is 1. The van der Waals surface area contributed by atoms with Gasteiger partial charge in [-0.3, -0.25) is 0 Å². The molecule has 1 aromatic carbocycles. The maximum Gasteiger partial charge on any atom is 0.407 e. The Hall–Kier alpha value is -2.07. The maximum absolute atomic E-state index is 11.8. The van der Waals surface area contributed by atoms with Gasteiger partial charge in [-0.05, 0) is 25.3 Å². The predicted molar refractivity (Wildman–Crippen MR) is 83.8 cm³/mol. The van der Waals surface area contributed by atoms with E-state index in [4.69, 9.17) is 4.74 Å². The van der Waals surface area contributed by atoms with E-state index in [0.29, 0.717) is 12.8 Å². The molecule has 0 aliphatic rings. The van der Waals surface area contributed by atoms with E-state index >= 15 is 0 Å². The number of alkyl carbamates (subject to hydrolysis) is 1. The SMILES string of the molecule is C=CC[C@H](NC(=O)OCc1ccccc1)[C@@](C)(O)CC=C. The molecule has 4 heteroatoms. The number of carbonyl (C=O) groups is 1. The van der Waals surface area contributed by atoms with Gasteiger partial charge < -0.3 is 15.2 Å². The minimum atomic E-state index is -1.10. The van der Waals surface area contributed by atoms with Crippen LogP contribution in [0.25, 0.3) is 0 Å². The molecule has 2 atom stereocenters. The molecule has 21 heavy (non-hydrogen) atoms. The van der Waals surface area contributed by atoms with E-state index in [2.05, 4.69) is 18.5 Å². The molecule has 0 heterocycles. The van der Waals surface area contributed by atoms with E-state index in [0.717, 1.165) is 5.56 Å². The van der Waals surface area contributed by atoms with E-state index in [1.165, 1.54) is 0 Å². The molecular formula is C17H23NO3. The second kappa shape index (κ2) is 8.27. The minimum Gasteiger partial charge on any atom is -0.445 e. The van der Waals surface area contributed by atoms with Crippen molar-refractivity contribution < 1.29 is 14.6 Å². The van der Waals surface area contributed by atoms with E-state index in [-0.39, 0.29) is 6.61 Å². The summed E-state index contributed by atoms with van der Waals surface area (Å²) < 4.78 is 5.16. The number of hydrogen-bond donors (Lipinski definition) is 2. The summed E-state index contributed by atoms with van der Waals surface area (Å²) in [5.41, 5.74) is -0.187. The zero-order chi connectivity index (χ0) is 15.7. The van der Waals surface area contributed by atoms with Crippen LogP contribution in [0.1, 0.15) is 25.3 Å². The number of hydrogen-bond acceptors (Lipinski definition) is 3. The molecule has 0 saturated carbocycles. The van der Waals surface area contributed by atoms with Crippen LogP contribution in [0.15, 0.2) is 55.6 Å². The average molecular weight is 289 g/mol. The summed E-state index contributed by atoms with van der Waals surface area (Å²) in [5, 5.41) is 13.0. The topological polar surface area (TPSA) is 58.6 Å². The van der Waals surface area contributed by atoms with Crippen LogP contribution in [0.3, 0.4) is 0 Å². The van der Waals surface area contributed by atoms with Crippen molar-refractivity contribution in [1.82, 2.24) is 5.32 Å². The third-order valence-electron chi connectivity index (χ3n) is 3.22. The van der Waals surface area contributed by atoms with Crippen LogP contribution < -0.4 is 5.32 Å². The first-order valence-electron chi connectivity index (χ1n) is 6.91. The summed E-state index contributed by atoms with van der Waals surface area (Å²) in [6, 6.07) is 8.94. The van der Waals surface area contributed by atoms with Gasteiger partial charge in [0.2, 0.25) is 0 Å².